The molecular formula is C17H9F5N2O4. The van der Waals surface area contributed by atoms with E-state index in [1.165, 1.54) is 24.3 Å². The van der Waals surface area contributed by atoms with E-state index in [2.05, 4.69) is 15.0 Å². The van der Waals surface area contributed by atoms with E-state index in [0.29, 0.717) is 0 Å². The molecule has 11 heteroatoms. The molecule has 6 nitrogen and oxygen atoms in total. The third-order valence-electron chi connectivity index (χ3n) is 3.28. The molecule has 146 valence electrons. The zero-order valence-corrected chi connectivity index (χ0v) is 13.8. The summed E-state index contributed by atoms with van der Waals surface area (Å²) in [5.74, 6) is -17.2. The van der Waals surface area contributed by atoms with E-state index < -0.39 is 57.9 Å². The molecule has 28 heavy (non-hydrogen) atoms. The second-order valence-corrected chi connectivity index (χ2v) is 5.00. The van der Waals surface area contributed by atoms with E-state index in [-0.39, 0.29) is 5.69 Å². The standard InChI is InChI=1S/C17H9F5N2O4/c1-28-17(27)16(26)14(24-23-7-5-3-2-4-6-7)15(25)8-9(18)11(20)13(22)12(21)10(8)19/h2-6,25H,1H3/b15-14+,24-23?. The average molecular weight is 400 g/mol. The van der Waals surface area contributed by atoms with E-state index in [1.54, 1.807) is 6.07 Å². The summed E-state index contributed by atoms with van der Waals surface area (Å²) >= 11 is 0. The first-order chi connectivity index (χ1) is 13.2. The average Bonchev–Trinajstić information content (AvgIpc) is 2.71. The largest absolute Gasteiger partial charge is 0.505 e. The molecule has 0 amide bonds. The molecule has 0 heterocycles. The van der Waals surface area contributed by atoms with Crippen LogP contribution in [0, 0.1) is 29.1 Å². The number of halogens is 5. The van der Waals surface area contributed by atoms with E-state index in [4.69, 9.17) is 0 Å². The summed E-state index contributed by atoms with van der Waals surface area (Å²) in [5.41, 5.74) is -3.16. The van der Waals surface area contributed by atoms with Crippen LogP contribution in [0.25, 0.3) is 5.76 Å². The Kier molecular flexibility index (Phi) is 6.18. The molecule has 0 aliphatic heterocycles. The van der Waals surface area contributed by atoms with Crippen LogP contribution in [0.3, 0.4) is 0 Å². The van der Waals surface area contributed by atoms with Crippen molar-refractivity contribution >= 4 is 23.2 Å². The molecule has 0 atom stereocenters. The Morgan fingerprint density at radius 3 is 1.89 bits per heavy atom. The summed E-state index contributed by atoms with van der Waals surface area (Å²) in [4.78, 5) is 23.5. The van der Waals surface area contributed by atoms with Crippen LogP contribution in [0.5, 0.6) is 0 Å². The maximum atomic E-state index is 13.9. The lowest BCUT2D eigenvalue weighted by Crippen LogP contribution is -2.19. The summed E-state index contributed by atoms with van der Waals surface area (Å²) in [5, 5.41) is 16.8. The molecule has 0 bridgehead atoms. The fourth-order valence-electron chi connectivity index (χ4n) is 1.92. The summed E-state index contributed by atoms with van der Waals surface area (Å²) < 4.78 is 71.9. The van der Waals surface area contributed by atoms with Gasteiger partial charge in [-0.15, -0.1) is 5.11 Å². The fraction of sp³-hybridized carbons (Fsp3) is 0.0588. The molecule has 0 saturated heterocycles. The molecule has 2 aromatic carbocycles. The number of carbonyl (C=O) groups excluding carboxylic acids is 2. The number of carbonyl (C=O) groups is 2. The Hall–Kier alpha value is -3.63. The van der Waals surface area contributed by atoms with Gasteiger partial charge in [0.2, 0.25) is 5.82 Å². The SMILES string of the molecule is COC(=O)C(=O)/C(N=Nc1ccccc1)=C(\O)c1c(F)c(F)c(F)c(F)c1F. The molecule has 2 aromatic rings. The molecule has 0 spiro atoms. The number of methoxy groups -OCH3 is 1. The molecule has 0 aliphatic rings. The quantitative estimate of drug-likeness (QED) is 0.119. The van der Waals surface area contributed by atoms with Gasteiger partial charge in [0.25, 0.3) is 5.78 Å². The fourth-order valence-corrected chi connectivity index (χ4v) is 1.92. The van der Waals surface area contributed by atoms with Crippen LogP contribution >= 0.6 is 0 Å². The lowest BCUT2D eigenvalue weighted by molar-refractivity contribution is -0.149. The van der Waals surface area contributed by atoms with Crippen molar-refractivity contribution in [3.8, 4) is 0 Å². The second-order valence-electron chi connectivity index (χ2n) is 5.00. The van der Waals surface area contributed by atoms with Gasteiger partial charge in [-0.2, -0.15) is 5.11 Å². The first kappa shape index (κ1) is 20.7. The van der Waals surface area contributed by atoms with Crippen LogP contribution < -0.4 is 0 Å². The monoisotopic (exact) mass is 400 g/mol. The Balaban J connectivity index is 2.75. The minimum atomic E-state index is -2.47. The highest BCUT2D eigenvalue weighted by Gasteiger charge is 2.32. The molecule has 2 rings (SSSR count). The summed E-state index contributed by atoms with van der Waals surface area (Å²) in [6, 6.07) is 7.35. The van der Waals surface area contributed by atoms with Gasteiger partial charge in [-0.05, 0) is 12.1 Å². The lowest BCUT2D eigenvalue weighted by Gasteiger charge is -2.09. The number of ether oxygens (including phenoxy) is 1. The van der Waals surface area contributed by atoms with Gasteiger partial charge in [0.05, 0.1) is 18.4 Å². The molecule has 0 fully saturated rings. The number of azo groups is 1. The number of nitrogens with zero attached hydrogens (tertiary/aromatic N) is 2. The predicted molar refractivity (Wildman–Crippen MR) is 83.8 cm³/mol. The van der Waals surface area contributed by atoms with Crippen LogP contribution in [-0.4, -0.2) is 24.0 Å². The zero-order chi connectivity index (χ0) is 21.0. The molecule has 0 aliphatic carbocycles. The maximum Gasteiger partial charge on any atom is 0.381 e. The Morgan fingerprint density at radius 2 is 1.39 bits per heavy atom. The van der Waals surface area contributed by atoms with Gasteiger partial charge in [0.1, 0.15) is 0 Å². The van der Waals surface area contributed by atoms with Gasteiger partial charge in [0, 0.05) is 0 Å². The van der Waals surface area contributed by atoms with Crippen LogP contribution in [0.15, 0.2) is 46.3 Å². The van der Waals surface area contributed by atoms with Gasteiger partial charge in [-0.3, -0.25) is 4.79 Å². The van der Waals surface area contributed by atoms with Gasteiger partial charge in [-0.25, -0.2) is 26.7 Å². The van der Waals surface area contributed by atoms with Crippen molar-refractivity contribution in [3.05, 3.63) is 70.7 Å². The molecule has 0 saturated carbocycles. The zero-order valence-electron chi connectivity index (χ0n) is 13.8. The number of rotatable bonds is 5. The van der Waals surface area contributed by atoms with Gasteiger partial charge in [0.15, 0.2) is 34.7 Å². The molecule has 1 N–H and O–H groups in total. The smallest absolute Gasteiger partial charge is 0.381 e. The topological polar surface area (TPSA) is 88.3 Å². The van der Waals surface area contributed by atoms with Gasteiger partial charge in [-0.1, -0.05) is 18.2 Å². The van der Waals surface area contributed by atoms with Crippen molar-refractivity contribution in [2.24, 2.45) is 10.2 Å². The number of aliphatic hydroxyl groups is 1. The highest BCUT2D eigenvalue weighted by Crippen LogP contribution is 2.30. The van der Waals surface area contributed by atoms with Crippen molar-refractivity contribution in [1.29, 1.82) is 0 Å². The number of hydrogen-bond acceptors (Lipinski definition) is 6. The molecular weight excluding hydrogens is 391 g/mol. The van der Waals surface area contributed by atoms with Gasteiger partial charge < -0.3 is 9.84 Å². The summed E-state index contributed by atoms with van der Waals surface area (Å²) in [6.07, 6.45) is 0. The number of aliphatic hydroxyl groups excluding tert-OH is 1. The predicted octanol–water partition coefficient (Wildman–Crippen LogP) is 4.13. The molecule has 0 unspecified atom stereocenters. The third kappa shape index (κ3) is 3.87. The number of benzene rings is 2. The van der Waals surface area contributed by atoms with E-state index >= 15 is 0 Å². The number of hydrogen-bond donors (Lipinski definition) is 1. The summed E-state index contributed by atoms with van der Waals surface area (Å²) in [7, 11) is 0.779. The van der Waals surface area contributed by atoms with Crippen LogP contribution in [0.4, 0.5) is 27.6 Å². The molecule has 0 aromatic heterocycles. The third-order valence-corrected chi connectivity index (χ3v) is 3.28. The number of Topliss-reactive ketones (excluding diaryl/α,β-unsaturated/α-hetero) is 1. The lowest BCUT2D eigenvalue weighted by atomic mass is 10.1. The Labute approximate surface area is 153 Å². The maximum absolute atomic E-state index is 13.9. The van der Waals surface area contributed by atoms with Crippen molar-refractivity contribution in [2.45, 2.75) is 0 Å². The number of esters is 1. The Bertz CT molecular complexity index is 977. The van der Waals surface area contributed by atoms with Crippen LogP contribution in [0.1, 0.15) is 5.56 Å². The van der Waals surface area contributed by atoms with Crippen molar-refractivity contribution in [2.75, 3.05) is 7.11 Å². The van der Waals surface area contributed by atoms with E-state index in [9.17, 15) is 36.6 Å². The Morgan fingerprint density at radius 1 is 0.893 bits per heavy atom. The molecule has 0 radical (unpaired) electrons. The highest BCUT2D eigenvalue weighted by atomic mass is 19.2. The number of ketones is 1. The summed E-state index contributed by atoms with van der Waals surface area (Å²) in [6.45, 7) is 0. The normalized spacial score (nSPS) is 12.1. The first-order valence-electron chi connectivity index (χ1n) is 7.25. The second kappa shape index (κ2) is 8.37. The first-order valence-corrected chi connectivity index (χ1v) is 7.25. The van der Waals surface area contributed by atoms with Crippen LogP contribution in [0.2, 0.25) is 0 Å². The van der Waals surface area contributed by atoms with Crippen molar-refractivity contribution in [1.82, 2.24) is 0 Å². The van der Waals surface area contributed by atoms with Crippen molar-refractivity contribution < 1.29 is 41.4 Å². The van der Waals surface area contributed by atoms with Crippen molar-refractivity contribution in [3.63, 3.8) is 0 Å². The van der Waals surface area contributed by atoms with E-state index in [0.717, 1.165) is 7.11 Å². The van der Waals surface area contributed by atoms with E-state index in [1.807, 2.05) is 0 Å². The van der Waals surface area contributed by atoms with Crippen LogP contribution in [-0.2, 0) is 14.3 Å². The van der Waals surface area contributed by atoms with Gasteiger partial charge >= 0.3 is 5.97 Å². The minimum absolute atomic E-state index is 0.0860. The minimum Gasteiger partial charge on any atom is -0.505 e. The highest BCUT2D eigenvalue weighted by molar-refractivity contribution is 6.41.